The van der Waals surface area contributed by atoms with Gasteiger partial charge in [-0.15, -0.1) is 0 Å². The summed E-state index contributed by atoms with van der Waals surface area (Å²) in [6, 6.07) is 10.8. The Bertz CT molecular complexity index is 1160. The molecule has 0 amide bonds. The first-order valence-electron chi connectivity index (χ1n) is 9.48. The van der Waals surface area contributed by atoms with E-state index in [0.717, 1.165) is 16.3 Å². The van der Waals surface area contributed by atoms with E-state index in [-0.39, 0.29) is 19.3 Å². The van der Waals surface area contributed by atoms with Crippen LogP contribution in [-0.4, -0.2) is 49.3 Å². The third kappa shape index (κ3) is 7.32. The molecule has 0 heterocycles. The van der Waals surface area contributed by atoms with Crippen LogP contribution in [0.5, 0.6) is 5.75 Å². The molecule has 0 saturated heterocycles. The molecule has 9 nitrogen and oxygen atoms in total. The topological polar surface area (TPSA) is 133 Å². The zero-order valence-corrected chi connectivity index (χ0v) is 18.0. The zero-order chi connectivity index (χ0) is 24.6. The molecule has 1 N–H and O–H groups in total. The summed E-state index contributed by atoms with van der Waals surface area (Å²) in [4.78, 5) is 34.5. The molecule has 33 heavy (non-hydrogen) atoms. The quantitative estimate of drug-likeness (QED) is 0.220. The molecule has 0 aromatic heterocycles. The fourth-order valence-corrected chi connectivity index (χ4v) is 2.81. The van der Waals surface area contributed by atoms with Crippen LogP contribution in [0.15, 0.2) is 43.0 Å². The summed E-state index contributed by atoms with van der Waals surface area (Å²) in [5, 5.41) is -3.32. The minimum atomic E-state index is -5.97. The van der Waals surface area contributed by atoms with E-state index < -0.39 is 46.5 Å². The van der Waals surface area contributed by atoms with Gasteiger partial charge in [-0.25, -0.2) is 4.79 Å². The molecule has 2 aromatic carbocycles. The molecular weight excluding hydrogens is 466 g/mol. The summed E-state index contributed by atoms with van der Waals surface area (Å²) >= 11 is 0. The molecule has 0 bridgehead atoms. The molecule has 0 radical (unpaired) electrons. The second-order valence-corrected chi connectivity index (χ2v) is 8.11. The van der Waals surface area contributed by atoms with E-state index in [0.29, 0.717) is 5.75 Å². The van der Waals surface area contributed by atoms with Gasteiger partial charge in [0.15, 0.2) is 0 Å². The molecule has 0 aliphatic heterocycles. The van der Waals surface area contributed by atoms with Crippen molar-refractivity contribution in [1.82, 2.24) is 0 Å². The summed E-state index contributed by atoms with van der Waals surface area (Å²) in [5.74, 6) is -3.54. The fourth-order valence-electron chi connectivity index (χ4n) is 2.54. The summed E-state index contributed by atoms with van der Waals surface area (Å²) in [7, 11) is -5.97. The Morgan fingerprint density at radius 3 is 2.24 bits per heavy atom. The zero-order valence-electron chi connectivity index (χ0n) is 17.2. The lowest BCUT2D eigenvalue weighted by Gasteiger charge is -2.12. The van der Waals surface area contributed by atoms with E-state index in [4.69, 9.17) is 9.29 Å². The van der Waals surface area contributed by atoms with Crippen molar-refractivity contribution in [2.75, 3.05) is 13.2 Å². The van der Waals surface area contributed by atoms with E-state index >= 15 is 0 Å². The largest absolute Gasteiger partial charge is 0.465 e. The van der Waals surface area contributed by atoms with Gasteiger partial charge in [0, 0.05) is 12.8 Å². The average Bonchev–Trinajstić information content (AvgIpc) is 2.75. The summed E-state index contributed by atoms with van der Waals surface area (Å²) < 4.78 is 68.7. The van der Waals surface area contributed by atoms with Gasteiger partial charge in [-0.1, -0.05) is 30.9 Å². The molecule has 12 heteroatoms. The number of benzene rings is 2. The highest BCUT2D eigenvalue weighted by Gasteiger charge is 2.54. The van der Waals surface area contributed by atoms with Crippen LogP contribution < -0.4 is 4.74 Å². The number of carbonyl (C=O) groups is 3. The van der Waals surface area contributed by atoms with Gasteiger partial charge in [-0.2, -0.15) is 17.2 Å². The molecule has 178 valence electrons. The van der Waals surface area contributed by atoms with Crippen LogP contribution in [0.1, 0.15) is 24.8 Å². The van der Waals surface area contributed by atoms with Gasteiger partial charge in [-0.05, 0) is 41.0 Å². The molecule has 0 unspecified atom stereocenters. The van der Waals surface area contributed by atoms with Crippen LogP contribution in [0.4, 0.5) is 8.78 Å². The number of rotatable bonds is 11. The Balaban J connectivity index is 1.69. The Hall–Kier alpha value is -3.38. The van der Waals surface area contributed by atoms with Crippen molar-refractivity contribution in [3.05, 3.63) is 48.5 Å². The molecule has 0 atom stereocenters. The lowest BCUT2D eigenvalue weighted by atomic mass is 10.1. The number of esters is 3. The molecule has 2 aromatic rings. The Labute approximate surface area is 187 Å². The first-order chi connectivity index (χ1) is 15.4. The van der Waals surface area contributed by atoms with Gasteiger partial charge in [0.1, 0.15) is 19.0 Å². The van der Waals surface area contributed by atoms with E-state index in [1.807, 2.05) is 18.2 Å². The highest BCUT2D eigenvalue weighted by atomic mass is 32.2. The highest BCUT2D eigenvalue weighted by Crippen LogP contribution is 2.23. The maximum atomic E-state index is 12.9. The average molecular weight is 486 g/mol. The third-order valence-electron chi connectivity index (χ3n) is 4.21. The second kappa shape index (κ2) is 11.0. The van der Waals surface area contributed by atoms with Gasteiger partial charge in [0.2, 0.25) is 0 Å². The predicted octanol–water partition coefficient (Wildman–Crippen LogP) is 3.13. The number of alkyl halides is 2. The number of halogens is 2. The lowest BCUT2D eigenvalue weighted by molar-refractivity contribution is -0.165. The molecular formula is C21H20F2O9S. The maximum Gasteiger partial charge on any atom is 0.465 e. The number of carbonyl (C=O) groups excluding carboxylic acids is 3. The standard InChI is InChI=1S/C21H20F2O9S/c1-2-14-6-7-16-13-17(9-8-15(16)12-14)32-19(25)5-3-4-18(24)30-10-11-31-20(26)21(22,23)33(27,28)29/h2,6-9,12-13H,1,3-5,10-11H2,(H,27,28,29). The summed E-state index contributed by atoms with van der Waals surface area (Å²) in [6.45, 7) is 2.23. The first kappa shape index (κ1) is 25.9. The molecule has 0 aliphatic rings. The Morgan fingerprint density at radius 1 is 0.970 bits per heavy atom. The highest BCUT2D eigenvalue weighted by molar-refractivity contribution is 7.87. The van der Waals surface area contributed by atoms with Crippen molar-refractivity contribution in [1.29, 1.82) is 0 Å². The molecule has 0 saturated carbocycles. The molecule has 0 fully saturated rings. The number of hydrogen-bond donors (Lipinski definition) is 1. The Morgan fingerprint density at radius 2 is 1.58 bits per heavy atom. The third-order valence-corrected chi connectivity index (χ3v) is 5.02. The van der Waals surface area contributed by atoms with Crippen LogP contribution in [0.25, 0.3) is 16.8 Å². The maximum absolute atomic E-state index is 12.9. The van der Waals surface area contributed by atoms with Crippen molar-refractivity contribution >= 4 is 44.9 Å². The molecule has 0 spiro atoms. The normalized spacial score (nSPS) is 11.6. The van der Waals surface area contributed by atoms with Crippen molar-refractivity contribution in [3.8, 4) is 5.75 Å². The van der Waals surface area contributed by atoms with Gasteiger partial charge in [-0.3, -0.25) is 14.1 Å². The second-order valence-electron chi connectivity index (χ2n) is 6.65. The van der Waals surface area contributed by atoms with Crippen molar-refractivity contribution in [3.63, 3.8) is 0 Å². The van der Waals surface area contributed by atoms with Crippen LogP contribution in [0, 0.1) is 0 Å². The van der Waals surface area contributed by atoms with E-state index in [1.54, 1.807) is 24.3 Å². The predicted molar refractivity (Wildman–Crippen MR) is 112 cm³/mol. The summed E-state index contributed by atoms with van der Waals surface area (Å²) in [6.07, 6.45) is 1.49. The van der Waals surface area contributed by atoms with Crippen LogP contribution in [0.3, 0.4) is 0 Å². The van der Waals surface area contributed by atoms with Crippen molar-refractivity contribution in [2.24, 2.45) is 0 Å². The number of hydrogen-bond acceptors (Lipinski definition) is 8. The fraction of sp³-hybridized carbons (Fsp3) is 0.286. The Kier molecular flexibility index (Phi) is 8.60. The van der Waals surface area contributed by atoms with E-state index in [2.05, 4.69) is 16.1 Å². The SMILES string of the molecule is C=Cc1ccc2cc(OC(=O)CCCC(=O)OCCOC(=O)C(F)(F)S(=O)(=O)O)ccc2c1. The smallest absolute Gasteiger partial charge is 0.462 e. The van der Waals surface area contributed by atoms with Crippen LogP contribution in [0.2, 0.25) is 0 Å². The van der Waals surface area contributed by atoms with Crippen LogP contribution >= 0.6 is 0 Å². The van der Waals surface area contributed by atoms with E-state index in [1.165, 1.54) is 0 Å². The van der Waals surface area contributed by atoms with E-state index in [9.17, 15) is 31.6 Å². The van der Waals surface area contributed by atoms with Crippen LogP contribution in [-0.2, 0) is 34.0 Å². The van der Waals surface area contributed by atoms with Gasteiger partial charge >= 0.3 is 33.3 Å². The van der Waals surface area contributed by atoms with Gasteiger partial charge < -0.3 is 14.2 Å². The minimum Gasteiger partial charge on any atom is -0.462 e. The van der Waals surface area contributed by atoms with Gasteiger partial charge in [0.25, 0.3) is 0 Å². The van der Waals surface area contributed by atoms with Crippen molar-refractivity contribution < 1.29 is 50.3 Å². The van der Waals surface area contributed by atoms with Crippen molar-refractivity contribution in [2.45, 2.75) is 24.5 Å². The molecule has 0 aliphatic carbocycles. The molecule has 2 rings (SSSR count). The summed E-state index contributed by atoms with van der Waals surface area (Å²) in [5.41, 5.74) is 0.952. The number of ether oxygens (including phenoxy) is 3. The van der Waals surface area contributed by atoms with Gasteiger partial charge in [0.05, 0.1) is 0 Å². The monoisotopic (exact) mass is 486 g/mol. The lowest BCUT2D eigenvalue weighted by Crippen LogP contribution is -2.39. The minimum absolute atomic E-state index is 0.0779. The first-order valence-corrected chi connectivity index (χ1v) is 10.9. The number of fused-ring (bicyclic) bond motifs is 1.